The summed E-state index contributed by atoms with van der Waals surface area (Å²) in [5, 5.41) is 10.7. The Morgan fingerprint density at radius 1 is 1.06 bits per heavy atom. The van der Waals surface area contributed by atoms with Crippen LogP contribution in [0.15, 0.2) is 54.7 Å². The number of fused-ring (bicyclic) bond motifs is 1. The molecule has 1 N–H and O–H groups in total. The molecule has 170 valence electrons. The van der Waals surface area contributed by atoms with E-state index in [2.05, 4.69) is 4.98 Å². The van der Waals surface area contributed by atoms with Gasteiger partial charge in [-0.3, -0.25) is 9.78 Å². The maximum Gasteiger partial charge on any atom is 0.341 e. The van der Waals surface area contributed by atoms with E-state index in [1.54, 1.807) is 30.5 Å². The fourth-order valence-electron chi connectivity index (χ4n) is 2.67. The number of pyridine rings is 1. The summed E-state index contributed by atoms with van der Waals surface area (Å²) in [6.45, 7) is 5.12. The minimum Gasteiger partial charge on any atom is -0.480 e. The molecule has 0 fully saturated rings. The van der Waals surface area contributed by atoms with Crippen LogP contribution in [0.3, 0.4) is 0 Å². The molecule has 3 aromatic rings. The summed E-state index contributed by atoms with van der Waals surface area (Å²) in [6, 6.07) is 14.4. The van der Waals surface area contributed by atoms with Crippen LogP contribution in [0.4, 0.5) is 4.79 Å². The van der Waals surface area contributed by atoms with Gasteiger partial charge in [0.25, 0.3) is 5.24 Å². The largest absolute Gasteiger partial charge is 0.480 e. The van der Waals surface area contributed by atoms with Gasteiger partial charge in [0.15, 0.2) is 6.61 Å². The van der Waals surface area contributed by atoms with Crippen LogP contribution >= 0.6 is 35.0 Å². The van der Waals surface area contributed by atoms with Crippen molar-refractivity contribution in [3.63, 3.8) is 0 Å². The number of aromatic nitrogens is 1. The summed E-state index contributed by atoms with van der Waals surface area (Å²) in [5.74, 6) is 0.0911. The summed E-state index contributed by atoms with van der Waals surface area (Å²) in [4.78, 5) is 28.1. The van der Waals surface area contributed by atoms with Crippen LogP contribution in [0.25, 0.3) is 10.9 Å². The normalized spacial score (nSPS) is 10.2. The van der Waals surface area contributed by atoms with Gasteiger partial charge in [0.05, 0.1) is 5.02 Å². The lowest BCUT2D eigenvalue weighted by Crippen LogP contribution is -2.26. The third-order valence-corrected chi connectivity index (χ3v) is 5.89. The number of amides is 1. The van der Waals surface area contributed by atoms with Gasteiger partial charge in [-0.25, -0.2) is 4.79 Å². The highest BCUT2D eigenvalue weighted by Gasteiger charge is 2.10. The highest BCUT2D eigenvalue weighted by molar-refractivity contribution is 8.12. The fraction of sp³-hybridized carbons (Fsp3) is 0.261. The van der Waals surface area contributed by atoms with Crippen molar-refractivity contribution in [3.8, 4) is 5.75 Å². The van der Waals surface area contributed by atoms with Gasteiger partial charge in [-0.05, 0) is 55.8 Å². The molecule has 0 saturated heterocycles. The Kier molecular flexibility index (Phi) is 10.6. The number of hydrogen-bond donors (Lipinski definition) is 1. The molecule has 32 heavy (non-hydrogen) atoms. The van der Waals surface area contributed by atoms with E-state index in [4.69, 9.17) is 33.0 Å². The second kappa shape index (κ2) is 13.2. The number of carbonyl (C=O) groups excluding carboxylic acids is 1. The average molecular weight is 495 g/mol. The summed E-state index contributed by atoms with van der Waals surface area (Å²) in [6.07, 6.45) is 1.60. The van der Waals surface area contributed by atoms with Crippen molar-refractivity contribution in [3.05, 3.63) is 70.3 Å². The molecule has 1 amide bonds. The number of carboxylic acids is 1. The number of ether oxygens (including phenoxy) is 1. The first-order valence-electron chi connectivity index (χ1n) is 9.89. The van der Waals surface area contributed by atoms with Gasteiger partial charge in [0.1, 0.15) is 11.3 Å². The quantitative estimate of drug-likeness (QED) is 0.409. The second-order valence-corrected chi connectivity index (χ2v) is 8.25. The van der Waals surface area contributed by atoms with Crippen molar-refractivity contribution in [2.75, 3.05) is 19.7 Å². The Balaban J connectivity index is 0.000000227. The molecule has 3 rings (SSSR count). The number of thioether (sulfide) groups is 1. The first-order valence-corrected chi connectivity index (χ1v) is 11.6. The van der Waals surface area contributed by atoms with Crippen LogP contribution in [-0.4, -0.2) is 45.9 Å². The summed E-state index contributed by atoms with van der Waals surface area (Å²) in [7, 11) is 0. The standard InChI is InChI=1S/C12H16ClNOS.C11H8ClNO3/c1-3-14(4-2)12(15)16-9-10-5-7-11(13)8-6-10;12-8-3-4-9(16-6-10(14)15)11-7(8)2-1-5-13-11/h5-8H,3-4,9H2,1-2H3;1-5H,6H2,(H,14,15). The van der Waals surface area contributed by atoms with Gasteiger partial charge in [0, 0.05) is 35.4 Å². The van der Waals surface area contributed by atoms with E-state index in [0.29, 0.717) is 22.0 Å². The van der Waals surface area contributed by atoms with Gasteiger partial charge in [-0.15, -0.1) is 0 Å². The minimum absolute atomic E-state index is 0.139. The molecule has 0 unspecified atom stereocenters. The molecule has 0 aliphatic rings. The Bertz CT molecular complexity index is 1040. The Labute approximate surface area is 201 Å². The Hall–Kier alpha value is -2.48. The molecule has 0 spiro atoms. The topological polar surface area (TPSA) is 79.7 Å². The van der Waals surface area contributed by atoms with Crippen molar-refractivity contribution in [2.24, 2.45) is 0 Å². The molecule has 0 aliphatic heterocycles. The van der Waals surface area contributed by atoms with Crippen LogP contribution in [0, 0.1) is 0 Å². The molecule has 1 heterocycles. The number of rotatable bonds is 7. The van der Waals surface area contributed by atoms with Crippen LogP contribution < -0.4 is 4.74 Å². The third-order valence-electron chi connectivity index (χ3n) is 4.33. The highest BCUT2D eigenvalue weighted by Crippen LogP contribution is 2.29. The predicted octanol–water partition coefficient (Wildman–Crippen LogP) is 6.39. The third kappa shape index (κ3) is 7.89. The Morgan fingerprint density at radius 2 is 1.75 bits per heavy atom. The van der Waals surface area contributed by atoms with E-state index < -0.39 is 12.6 Å². The first kappa shape index (κ1) is 25.8. The lowest BCUT2D eigenvalue weighted by molar-refractivity contribution is -0.139. The fourth-order valence-corrected chi connectivity index (χ4v) is 3.93. The van der Waals surface area contributed by atoms with Crippen molar-refractivity contribution in [1.82, 2.24) is 9.88 Å². The summed E-state index contributed by atoms with van der Waals surface area (Å²) < 4.78 is 5.12. The first-order chi connectivity index (χ1) is 15.3. The number of halogens is 2. The van der Waals surface area contributed by atoms with Crippen LogP contribution in [0.5, 0.6) is 5.75 Å². The zero-order valence-electron chi connectivity index (χ0n) is 17.8. The van der Waals surface area contributed by atoms with Crippen molar-refractivity contribution in [2.45, 2.75) is 19.6 Å². The van der Waals surface area contributed by atoms with E-state index in [1.165, 1.54) is 11.8 Å². The number of carboxylic acid groups (broad SMARTS) is 1. The van der Waals surface area contributed by atoms with Crippen LogP contribution in [0.2, 0.25) is 10.0 Å². The van der Waals surface area contributed by atoms with Crippen LogP contribution in [-0.2, 0) is 10.5 Å². The number of aliphatic carboxylic acids is 1. The van der Waals surface area contributed by atoms with Crippen molar-refractivity contribution in [1.29, 1.82) is 0 Å². The molecular formula is C23H24Cl2N2O4S. The maximum absolute atomic E-state index is 11.7. The number of carbonyl (C=O) groups is 2. The molecule has 0 radical (unpaired) electrons. The molecule has 0 aliphatic carbocycles. The summed E-state index contributed by atoms with van der Waals surface area (Å²) >= 11 is 13.1. The zero-order chi connectivity index (χ0) is 23.5. The molecule has 1 aromatic heterocycles. The average Bonchev–Trinajstić information content (AvgIpc) is 2.79. The second-order valence-electron chi connectivity index (χ2n) is 6.48. The lowest BCUT2D eigenvalue weighted by Gasteiger charge is -2.17. The monoisotopic (exact) mass is 494 g/mol. The van der Waals surface area contributed by atoms with Gasteiger partial charge in [-0.2, -0.15) is 0 Å². The molecule has 0 bridgehead atoms. The smallest absolute Gasteiger partial charge is 0.341 e. The van der Waals surface area contributed by atoms with Gasteiger partial charge in [-0.1, -0.05) is 47.1 Å². The SMILES string of the molecule is CCN(CC)C(=O)SCc1ccc(Cl)cc1.O=C(O)COc1ccc(Cl)c2cccnc12. The number of nitrogens with zero attached hydrogens (tertiary/aromatic N) is 2. The van der Waals surface area contributed by atoms with E-state index in [0.717, 1.165) is 29.1 Å². The summed E-state index contributed by atoms with van der Waals surface area (Å²) in [5.41, 5.74) is 1.69. The molecular weight excluding hydrogens is 471 g/mol. The maximum atomic E-state index is 11.7. The van der Waals surface area contributed by atoms with E-state index in [-0.39, 0.29) is 5.24 Å². The van der Waals surface area contributed by atoms with E-state index >= 15 is 0 Å². The number of hydrogen-bond acceptors (Lipinski definition) is 5. The van der Waals surface area contributed by atoms with E-state index in [1.807, 2.05) is 43.0 Å². The van der Waals surface area contributed by atoms with Crippen molar-refractivity contribution < 1.29 is 19.4 Å². The lowest BCUT2D eigenvalue weighted by atomic mass is 10.2. The van der Waals surface area contributed by atoms with Gasteiger partial charge in [0.2, 0.25) is 0 Å². The molecule has 6 nitrogen and oxygen atoms in total. The zero-order valence-corrected chi connectivity index (χ0v) is 20.1. The number of benzene rings is 2. The van der Waals surface area contributed by atoms with E-state index in [9.17, 15) is 9.59 Å². The van der Waals surface area contributed by atoms with Gasteiger partial charge >= 0.3 is 5.97 Å². The van der Waals surface area contributed by atoms with Crippen LogP contribution in [0.1, 0.15) is 19.4 Å². The highest BCUT2D eigenvalue weighted by atomic mass is 35.5. The molecule has 0 saturated carbocycles. The predicted molar refractivity (Wildman–Crippen MR) is 131 cm³/mol. The van der Waals surface area contributed by atoms with Gasteiger partial charge < -0.3 is 14.7 Å². The Morgan fingerprint density at radius 3 is 2.38 bits per heavy atom. The van der Waals surface area contributed by atoms with Crippen molar-refractivity contribution >= 4 is 57.1 Å². The molecule has 0 atom stereocenters. The minimum atomic E-state index is -1.03. The molecule has 2 aromatic carbocycles. The molecule has 9 heteroatoms.